The molecule has 14 heavy (non-hydrogen) atoms. The Labute approximate surface area is 83.9 Å². The standard InChI is InChI=1S/C12H14O2/c1-3-4-10-5-7-11(8-6-10)9(2)12(13)14/h3-9H,1-2H3,(H,13,14). The van der Waals surface area contributed by atoms with Gasteiger partial charge in [0.1, 0.15) is 0 Å². The van der Waals surface area contributed by atoms with Gasteiger partial charge in [-0.2, -0.15) is 0 Å². The number of carboxylic acid groups (broad SMARTS) is 1. The highest BCUT2D eigenvalue weighted by molar-refractivity contribution is 5.75. The Balaban J connectivity index is 2.88. The van der Waals surface area contributed by atoms with Gasteiger partial charge in [-0.15, -0.1) is 0 Å². The van der Waals surface area contributed by atoms with E-state index in [1.807, 2.05) is 43.3 Å². The number of benzene rings is 1. The molecule has 1 rings (SSSR count). The van der Waals surface area contributed by atoms with Crippen molar-refractivity contribution in [1.82, 2.24) is 0 Å². The summed E-state index contributed by atoms with van der Waals surface area (Å²) in [4.78, 5) is 10.7. The first-order valence-electron chi connectivity index (χ1n) is 4.60. The van der Waals surface area contributed by atoms with Crippen LogP contribution in [0.1, 0.15) is 30.9 Å². The van der Waals surface area contributed by atoms with E-state index in [1.165, 1.54) is 0 Å². The molecule has 0 saturated heterocycles. The summed E-state index contributed by atoms with van der Waals surface area (Å²) in [6.45, 7) is 3.64. The Kier molecular flexibility index (Phi) is 3.46. The molecule has 0 fully saturated rings. The summed E-state index contributed by atoms with van der Waals surface area (Å²) >= 11 is 0. The van der Waals surface area contributed by atoms with Crippen LogP contribution in [-0.4, -0.2) is 11.1 Å². The molecule has 2 nitrogen and oxygen atoms in total. The zero-order chi connectivity index (χ0) is 10.6. The first kappa shape index (κ1) is 10.5. The number of carboxylic acids is 1. The molecule has 0 heterocycles. The van der Waals surface area contributed by atoms with Crippen molar-refractivity contribution < 1.29 is 9.90 Å². The van der Waals surface area contributed by atoms with Gasteiger partial charge in [0.15, 0.2) is 0 Å². The number of hydrogen-bond donors (Lipinski definition) is 1. The highest BCUT2D eigenvalue weighted by Crippen LogP contribution is 2.16. The lowest BCUT2D eigenvalue weighted by atomic mass is 10.00. The maximum atomic E-state index is 10.7. The molecule has 74 valence electrons. The van der Waals surface area contributed by atoms with Crippen LogP contribution in [0.3, 0.4) is 0 Å². The Morgan fingerprint density at radius 2 is 1.93 bits per heavy atom. The lowest BCUT2D eigenvalue weighted by Gasteiger charge is -2.06. The van der Waals surface area contributed by atoms with E-state index >= 15 is 0 Å². The lowest BCUT2D eigenvalue weighted by molar-refractivity contribution is -0.138. The lowest BCUT2D eigenvalue weighted by Crippen LogP contribution is -2.06. The van der Waals surface area contributed by atoms with Crippen LogP contribution in [0.4, 0.5) is 0 Å². The van der Waals surface area contributed by atoms with Gasteiger partial charge in [0.2, 0.25) is 0 Å². The molecule has 0 spiro atoms. The fourth-order valence-corrected chi connectivity index (χ4v) is 1.23. The number of hydrogen-bond acceptors (Lipinski definition) is 1. The second-order valence-electron chi connectivity index (χ2n) is 3.23. The van der Waals surface area contributed by atoms with Gasteiger partial charge in [-0.25, -0.2) is 0 Å². The zero-order valence-electron chi connectivity index (χ0n) is 8.40. The second-order valence-corrected chi connectivity index (χ2v) is 3.23. The van der Waals surface area contributed by atoms with Gasteiger partial charge in [-0.3, -0.25) is 4.79 Å². The monoisotopic (exact) mass is 190 g/mol. The molecule has 1 N–H and O–H groups in total. The second kappa shape index (κ2) is 4.61. The van der Waals surface area contributed by atoms with Gasteiger partial charge >= 0.3 is 5.97 Å². The third-order valence-electron chi connectivity index (χ3n) is 2.17. The fourth-order valence-electron chi connectivity index (χ4n) is 1.23. The molecular weight excluding hydrogens is 176 g/mol. The van der Waals surface area contributed by atoms with E-state index in [4.69, 9.17) is 5.11 Å². The molecule has 1 unspecified atom stereocenters. The van der Waals surface area contributed by atoms with Gasteiger partial charge in [-0.05, 0) is 25.0 Å². The van der Waals surface area contributed by atoms with Gasteiger partial charge in [0.25, 0.3) is 0 Å². The van der Waals surface area contributed by atoms with Crippen LogP contribution in [0.5, 0.6) is 0 Å². The minimum atomic E-state index is -0.788. The third-order valence-corrected chi connectivity index (χ3v) is 2.17. The maximum absolute atomic E-state index is 10.7. The summed E-state index contributed by atoms with van der Waals surface area (Å²) in [5.74, 6) is -1.22. The molecular formula is C12H14O2. The van der Waals surface area contributed by atoms with Crippen LogP contribution in [0.15, 0.2) is 30.3 Å². The number of allylic oxidation sites excluding steroid dienone is 1. The van der Waals surface area contributed by atoms with Gasteiger partial charge in [0, 0.05) is 0 Å². The molecule has 0 radical (unpaired) electrons. The molecule has 2 heteroatoms. The molecule has 1 aromatic carbocycles. The van der Waals surface area contributed by atoms with E-state index < -0.39 is 11.9 Å². The average molecular weight is 190 g/mol. The Morgan fingerprint density at radius 3 is 2.36 bits per heavy atom. The van der Waals surface area contributed by atoms with E-state index in [2.05, 4.69) is 0 Å². The number of aliphatic carboxylic acids is 1. The normalized spacial score (nSPS) is 13.0. The molecule has 0 aliphatic rings. The fraction of sp³-hybridized carbons (Fsp3) is 0.250. The topological polar surface area (TPSA) is 37.3 Å². The van der Waals surface area contributed by atoms with Crippen LogP contribution in [0, 0.1) is 0 Å². The summed E-state index contributed by atoms with van der Waals surface area (Å²) in [6.07, 6.45) is 3.94. The third kappa shape index (κ3) is 2.46. The van der Waals surface area contributed by atoms with Crippen molar-refractivity contribution in [1.29, 1.82) is 0 Å². The smallest absolute Gasteiger partial charge is 0.310 e. The Hall–Kier alpha value is -1.57. The van der Waals surface area contributed by atoms with Crippen molar-refractivity contribution in [2.24, 2.45) is 0 Å². The molecule has 0 bridgehead atoms. The predicted molar refractivity (Wildman–Crippen MR) is 57.2 cm³/mol. The van der Waals surface area contributed by atoms with E-state index in [0.717, 1.165) is 11.1 Å². The maximum Gasteiger partial charge on any atom is 0.310 e. The molecule has 0 aliphatic carbocycles. The van der Waals surface area contributed by atoms with Crippen molar-refractivity contribution >= 4 is 12.0 Å². The first-order valence-corrected chi connectivity index (χ1v) is 4.60. The van der Waals surface area contributed by atoms with Crippen molar-refractivity contribution in [2.45, 2.75) is 19.8 Å². The summed E-state index contributed by atoms with van der Waals surface area (Å²) in [5.41, 5.74) is 1.93. The average Bonchev–Trinajstić information content (AvgIpc) is 2.18. The van der Waals surface area contributed by atoms with Crippen LogP contribution < -0.4 is 0 Å². The van der Waals surface area contributed by atoms with E-state index in [9.17, 15) is 4.79 Å². The molecule has 0 amide bonds. The minimum absolute atomic E-state index is 0.436. The zero-order valence-corrected chi connectivity index (χ0v) is 8.40. The van der Waals surface area contributed by atoms with Gasteiger partial charge in [0.05, 0.1) is 5.92 Å². The Morgan fingerprint density at radius 1 is 1.36 bits per heavy atom. The van der Waals surface area contributed by atoms with Crippen LogP contribution in [0.25, 0.3) is 6.08 Å². The van der Waals surface area contributed by atoms with Crippen LogP contribution in [-0.2, 0) is 4.79 Å². The van der Waals surface area contributed by atoms with E-state index in [0.29, 0.717) is 0 Å². The quantitative estimate of drug-likeness (QED) is 0.795. The summed E-state index contributed by atoms with van der Waals surface area (Å²) in [6, 6.07) is 7.56. The van der Waals surface area contributed by atoms with Crippen molar-refractivity contribution in [3.05, 3.63) is 41.5 Å². The minimum Gasteiger partial charge on any atom is -0.481 e. The molecule has 0 aliphatic heterocycles. The van der Waals surface area contributed by atoms with Crippen LogP contribution in [0.2, 0.25) is 0 Å². The summed E-state index contributed by atoms with van der Waals surface area (Å²) in [5, 5.41) is 8.79. The molecule has 1 atom stereocenters. The molecule has 0 saturated carbocycles. The van der Waals surface area contributed by atoms with Gasteiger partial charge in [-0.1, -0.05) is 36.4 Å². The highest BCUT2D eigenvalue weighted by Gasteiger charge is 2.12. The van der Waals surface area contributed by atoms with Crippen molar-refractivity contribution in [3.8, 4) is 0 Å². The Bertz CT molecular complexity index is 336. The first-order chi connectivity index (χ1) is 6.65. The van der Waals surface area contributed by atoms with Gasteiger partial charge < -0.3 is 5.11 Å². The number of rotatable bonds is 3. The summed E-state index contributed by atoms with van der Waals surface area (Å²) in [7, 11) is 0. The molecule has 0 aromatic heterocycles. The van der Waals surface area contributed by atoms with Crippen molar-refractivity contribution in [2.75, 3.05) is 0 Å². The van der Waals surface area contributed by atoms with Crippen molar-refractivity contribution in [3.63, 3.8) is 0 Å². The summed E-state index contributed by atoms with van der Waals surface area (Å²) < 4.78 is 0. The van der Waals surface area contributed by atoms with Crippen LogP contribution >= 0.6 is 0 Å². The van der Waals surface area contributed by atoms with E-state index in [-0.39, 0.29) is 0 Å². The highest BCUT2D eigenvalue weighted by atomic mass is 16.4. The predicted octanol–water partition coefficient (Wildman–Crippen LogP) is 2.91. The number of carbonyl (C=O) groups is 1. The van der Waals surface area contributed by atoms with E-state index in [1.54, 1.807) is 6.92 Å². The molecule has 1 aromatic rings. The largest absolute Gasteiger partial charge is 0.481 e. The SMILES string of the molecule is CC=Cc1ccc(C(C)C(=O)O)cc1.